The second-order valence-corrected chi connectivity index (χ2v) is 8.84. The van der Waals surface area contributed by atoms with Gasteiger partial charge in [0.05, 0.1) is 11.5 Å². The standard InChI is InChI=1S/C8H22N4O4S4/c9-7(5-19(13)15-11)1-3-17-18-4-2-8(10)6-20(14)16-12/h7-8H,1-6,9-12H2/t7-,8-,19?,20?/m0/s1. The summed E-state index contributed by atoms with van der Waals surface area (Å²) < 4.78 is 30.2. The molecule has 0 saturated heterocycles. The summed E-state index contributed by atoms with van der Waals surface area (Å²) in [7, 11) is 3.32. The highest BCUT2D eigenvalue weighted by atomic mass is 33.1. The van der Waals surface area contributed by atoms with E-state index in [9.17, 15) is 8.42 Å². The fourth-order valence-corrected chi connectivity index (χ4v) is 4.62. The third-order valence-corrected chi connectivity index (χ3v) is 6.44. The molecule has 122 valence electrons. The van der Waals surface area contributed by atoms with Crippen LogP contribution in [0.2, 0.25) is 0 Å². The molecule has 12 heteroatoms. The van der Waals surface area contributed by atoms with E-state index in [-0.39, 0.29) is 23.6 Å². The fourth-order valence-electron chi connectivity index (χ4n) is 1.11. The molecule has 0 aromatic rings. The van der Waals surface area contributed by atoms with Crippen LogP contribution in [0.1, 0.15) is 12.8 Å². The Balaban J connectivity index is 3.44. The summed E-state index contributed by atoms with van der Waals surface area (Å²) in [6.07, 6.45) is 1.45. The highest BCUT2D eigenvalue weighted by Gasteiger charge is 2.09. The predicted octanol–water partition coefficient (Wildman–Crippen LogP) is -1.09. The number of hydrogen-bond acceptors (Lipinski definition) is 10. The lowest BCUT2D eigenvalue weighted by molar-refractivity contribution is 0.364. The van der Waals surface area contributed by atoms with Gasteiger partial charge in [-0.25, -0.2) is 17.0 Å². The van der Waals surface area contributed by atoms with Crippen molar-refractivity contribution in [1.82, 2.24) is 0 Å². The van der Waals surface area contributed by atoms with Crippen LogP contribution in [0.4, 0.5) is 0 Å². The van der Waals surface area contributed by atoms with E-state index in [1.165, 1.54) is 0 Å². The van der Waals surface area contributed by atoms with Crippen molar-refractivity contribution in [3.8, 4) is 0 Å². The van der Waals surface area contributed by atoms with E-state index >= 15 is 0 Å². The van der Waals surface area contributed by atoms with Gasteiger partial charge in [0.1, 0.15) is 0 Å². The van der Waals surface area contributed by atoms with Crippen LogP contribution in [0, 0.1) is 0 Å². The van der Waals surface area contributed by atoms with Crippen molar-refractivity contribution in [2.24, 2.45) is 23.3 Å². The average molecular weight is 367 g/mol. The van der Waals surface area contributed by atoms with E-state index in [1.807, 2.05) is 0 Å². The normalized spacial score (nSPS) is 17.6. The fraction of sp³-hybridized carbons (Fsp3) is 1.00. The average Bonchev–Trinajstić information content (AvgIpc) is 2.42. The largest absolute Gasteiger partial charge is 0.327 e. The van der Waals surface area contributed by atoms with E-state index in [4.69, 9.17) is 23.3 Å². The SMILES string of the molecule is NOS(=O)C[C@@H](N)CCSSCC[C@H](N)CS(=O)ON. The molecule has 2 unspecified atom stereocenters. The molecule has 0 aromatic heterocycles. The molecule has 8 N–H and O–H groups in total. The monoisotopic (exact) mass is 366 g/mol. The maximum atomic E-state index is 11.0. The minimum atomic E-state index is -1.51. The summed E-state index contributed by atoms with van der Waals surface area (Å²) in [5.41, 5.74) is 11.5. The molecule has 20 heavy (non-hydrogen) atoms. The van der Waals surface area contributed by atoms with Gasteiger partial charge in [0.2, 0.25) is 0 Å². The van der Waals surface area contributed by atoms with Gasteiger partial charge in [-0.1, -0.05) is 21.6 Å². The lowest BCUT2D eigenvalue weighted by Gasteiger charge is -2.10. The molecule has 4 atom stereocenters. The van der Waals surface area contributed by atoms with Gasteiger partial charge in [-0.2, -0.15) is 11.8 Å². The molecule has 0 bridgehead atoms. The van der Waals surface area contributed by atoms with Crippen molar-refractivity contribution < 1.29 is 17.0 Å². The smallest absolute Gasteiger partial charge is 0.174 e. The molecular weight excluding hydrogens is 344 g/mol. The van der Waals surface area contributed by atoms with Crippen molar-refractivity contribution in [3.05, 3.63) is 0 Å². The van der Waals surface area contributed by atoms with E-state index < -0.39 is 22.2 Å². The van der Waals surface area contributed by atoms with E-state index in [0.29, 0.717) is 0 Å². The summed E-state index contributed by atoms with van der Waals surface area (Å²) in [5.74, 6) is 11.7. The molecule has 0 heterocycles. The quantitative estimate of drug-likeness (QED) is 0.179. The molecule has 0 amide bonds. The van der Waals surface area contributed by atoms with Gasteiger partial charge in [0, 0.05) is 23.6 Å². The molecule has 0 aliphatic heterocycles. The highest BCUT2D eigenvalue weighted by Crippen LogP contribution is 2.23. The minimum Gasteiger partial charge on any atom is -0.327 e. The Bertz CT molecular complexity index is 272. The van der Waals surface area contributed by atoms with Crippen LogP contribution in [-0.4, -0.2) is 43.5 Å². The van der Waals surface area contributed by atoms with Crippen molar-refractivity contribution in [3.63, 3.8) is 0 Å². The number of hydrogen-bond donors (Lipinski definition) is 4. The molecule has 8 nitrogen and oxygen atoms in total. The van der Waals surface area contributed by atoms with Crippen LogP contribution in [0.25, 0.3) is 0 Å². The van der Waals surface area contributed by atoms with Crippen molar-refractivity contribution >= 4 is 43.7 Å². The molecular formula is C8H22N4O4S4. The maximum Gasteiger partial charge on any atom is 0.174 e. The zero-order valence-electron chi connectivity index (χ0n) is 11.0. The third kappa shape index (κ3) is 12.5. The Morgan fingerprint density at radius 1 is 0.850 bits per heavy atom. The van der Waals surface area contributed by atoms with Crippen LogP contribution in [0.3, 0.4) is 0 Å². The molecule has 0 spiro atoms. The first-order valence-electron chi connectivity index (χ1n) is 5.76. The Hall–Kier alpha value is 0.760. The van der Waals surface area contributed by atoms with Gasteiger partial charge >= 0.3 is 0 Å². The summed E-state index contributed by atoms with van der Waals surface area (Å²) in [4.78, 5) is 0. The second-order valence-electron chi connectivity index (χ2n) is 3.87. The van der Waals surface area contributed by atoms with Gasteiger partial charge in [-0.05, 0) is 12.8 Å². The molecule has 0 saturated carbocycles. The third-order valence-electron chi connectivity index (χ3n) is 2.14. The Labute approximate surface area is 132 Å². The lowest BCUT2D eigenvalue weighted by atomic mass is 10.3. The van der Waals surface area contributed by atoms with Gasteiger partial charge < -0.3 is 11.5 Å². The topological polar surface area (TPSA) is 157 Å². The van der Waals surface area contributed by atoms with Crippen LogP contribution in [0.15, 0.2) is 0 Å². The molecule has 0 aliphatic rings. The first-order valence-corrected chi connectivity index (χ1v) is 10.7. The summed E-state index contributed by atoms with van der Waals surface area (Å²) in [6, 6.07) is -0.391. The van der Waals surface area contributed by atoms with Gasteiger partial charge in [0.15, 0.2) is 22.2 Å². The first-order chi connectivity index (χ1) is 9.49. The van der Waals surface area contributed by atoms with Crippen LogP contribution >= 0.6 is 21.6 Å². The molecule has 0 rings (SSSR count). The molecule has 0 aromatic carbocycles. The van der Waals surface area contributed by atoms with Crippen molar-refractivity contribution in [2.75, 3.05) is 23.0 Å². The summed E-state index contributed by atoms with van der Waals surface area (Å²) in [5, 5.41) is 0. The first kappa shape index (κ1) is 20.8. The Morgan fingerprint density at radius 3 is 1.50 bits per heavy atom. The highest BCUT2D eigenvalue weighted by molar-refractivity contribution is 8.76. The van der Waals surface area contributed by atoms with E-state index in [0.717, 1.165) is 24.3 Å². The molecule has 0 radical (unpaired) electrons. The zero-order valence-corrected chi connectivity index (χ0v) is 14.2. The van der Waals surface area contributed by atoms with Crippen LogP contribution in [-0.2, 0) is 30.7 Å². The molecule has 0 aliphatic carbocycles. The minimum absolute atomic E-state index is 0.195. The zero-order chi connectivity index (χ0) is 15.4. The second kappa shape index (κ2) is 13.4. The van der Waals surface area contributed by atoms with Gasteiger partial charge in [-0.15, -0.1) is 0 Å². The van der Waals surface area contributed by atoms with Crippen molar-refractivity contribution in [2.45, 2.75) is 24.9 Å². The number of rotatable bonds is 13. The van der Waals surface area contributed by atoms with Crippen molar-refractivity contribution in [1.29, 1.82) is 0 Å². The Kier molecular flexibility index (Phi) is 13.9. The van der Waals surface area contributed by atoms with Crippen LogP contribution < -0.4 is 23.3 Å². The van der Waals surface area contributed by atoms with E-state index in [2.05, 4.69) is 8.57 Å². The van der Waals surface area contributed by atoms with Gasteiger partial charge in [0.25, 0.3) is 0 Å². The maximum absolute atomic E-state index is 11.0. The lowest BCUT2D eigenvalue weighted by Crippen LogP contribution is -2.29. The number of nitrogens with two attached hydrogens (primary N) is 4. The summed E-state index contributed by atoms with van der Waals surface area (Å²) in [6.45, 7) is 0. The molecule has 0 fully saturated rings. The van der Waals surface area contributed by atoms with Crippen LogP contribution in [0.5, 0.6) is 0 Å². The Morgan fingerprint density at radius 2 is 1.20 bits per heavy atom. The van der Waals surface area contributed by atoms with E-state index in [1.54, 1.807) is 21.6 Å². The summed E-state index contributed by atoms with van der Waals surface area (Å²) >= 11 is -3.02. The van der Waals surface area contributed by atoms with Gasteiger partial charge in [-0.3, -0.25) is 0 Å². The predicted molar refractivity (Wildman–Crippen MR) is 86.7 cm³/mol.